The zero-order valence-corrected chi connectivity index (χ0v) is 9.67. The smallest absolute Gasteiger partial charge is 0.325 e. The van der Waals surface area contributed by atoms with Crippen LogP contribution in [0.1, 0.15) is 23.6 Å². The predicted octanol–water partition coefficient (Wildman–Crippen LogP) is 1.05. The number of fused-ring (bicyclic) bond motifs is 1. The number of carbonyl (C=O) groups is 1. The van der Waals surface area contributed by atoms with Gasteiger partial charge in [0.1, 0.15) is 6.04 Å². The molecule has 1 heterocycles. The molecule has 4 heteroatoms. The van der Waals surface area contributed by atoms with Crippen LogP contribution in [0.2, 0.25) is 0 Å². The molecule has 4 nitrogen and oxygen atoms in total. The molecule has 1 aromatic rings. The second kappa shape index (κ2) is 5.29. The molecule has 1 aliphatic heterocycles. The Labute approximate surface area is 100 Å². The van der Waals surface area contributed by atoms with Crippen molar-refractivity contribution in [3.8, 4) is 0 Å². The molecule has 1 aliphatic rings. The molecule has 0 saturated heterocycles. The fraction of sp³-hybridized carbons (Fsp3) is 0.462. The third-order valence-corrected chi connectivity index (χ3v) is 3.22. The van der Waals surface area contributed by atoms with Crippen LogP contribution in [0.4, 0.5) is 0 Å². The van der Waals surface area contributed by atoms with E-state index in [9.17, 15) is 9.90 Å². The summed E-state index contributed by atoms with van der Waals surface area (Å²) in [5.74, 6) is -0.810. The largest absolute Gasteiger partial charge is 0.480 e. The molecule has 2 N–H and O–H groups in total. The van der Waals surface area contributed by atoms with Crippen molar-refractivity contribution in [2.75, 3.05) is 19.7 Å². The van der Waals surface area contributed by atoms with Crippen LogP contribution < -0.4 is 0 Å². The second-order valence-corrected chi connectivity index (χ2v) is 4.30. The van der Waals surface area contributed by atoms with E-state index < -0.39 is 12.0 Å². The summed E-state index contributed by atoms with van der Waals surface area (Å²) in [7, 11) is 0. The topological polar surface area (TPSA) is 60.8 Å². The highest BCUT2D eigenvalue weighted by molar-refractivity contribution is 5.76. The molecular formula is C13H17NO3. The number of hydrogen-bond acceptors (Lipinski definition) is 3. The maximum Gasteiger partial charge on any atom is 0.325 e. The predicted molar refractivity (Wildman–Crippen MR) is 63.8 cm³/mol. The average Bonchev–Trinajstić information content (AvgIpc) is 2.35. The molecule has 0 spiro atoms. The Bertz CT molecular complexity index is 405. The number of aliphatic carboxylic acids is 1. The molecule has 1 unspecified atom stereocenters. The van der Waals surface area contributed by atoms with Crippen LogP contribution >= 0.6 is 0 Å². The van der Waals surface area contributed by atoms with Gasteiger partial charge in [-0.25, -0.2) is 0 Å². The number of aliphatic hydroxyl groups is 1. The van der Waals surface area contributed by atoms with Gasteiger partial charge in [0.25, 0.3) is 0 Å². The number of aliphatic hydroxyl groups excluding tert-OH is 1. The number of carboxylic acid groups (broad SMARTS) is 1. The minimum atomic E-state index is -0.810. The van der Waals surface area contributed by atoms with Crippen molar-refractivity contribution in [3.63, 3.8) is 0 Å². The van der Waals surface area contributed by atoms with Crippen molar-refractivity contribution in [2.45, 2.75) is 18.9 Å². The van der Waals surface area contributed by atoms with E-state index in [1.165, 1.54) is 0 Å². The molecule has 2 rings (SSSR count). The number of hydrogen-bond donors (Lipinski definition) is 2. The monoisotopic (exact) mass is 235 g/mol. The van der Waals surface area contributed by atoms with E-state index in [2.05, 4.69) is 0 Å². The van der Waals surface area contributed by atoms with Gasteiger partial charge in [0, 0.05) is 19.7 Å². The summed E-state index contributed by atoms with van der Waals surface area (Å²) in [5.41, 5.74) is 2.02. The molecule has 92 valence electrons. The van der Waals surface area contributed by atoms with Crippen molar-refractivity contribution in [3.05, 3.63) is 35.4 Å². The first-order valence-electron chi connectivity index (χ1n) is 5.89. The Kier molecular flexibility index (Phi) is 3.76. The highest BCUT2D eigenvalue weighted by atomic mass is 16.4. The molecule has 0 radical (unpaired) electrons. The number of carboxylic acids is 1. The van der Waals surface area contributed by atoms with Gasteiger partial charge in [0.05, 0.1) is 0 Å². The lowest BCUT2D eigenvalue weighted by molar-refractivity contribution is -0.144. The van der Waals surface area contributed by atoms with E-state index >= 15 is 0 Å². The lowest BCUT2D eigenvalue weighted by atomic mass is 9.92. The molecule has 1 aromatic carbocycles. The first-order valence-corrected chi connectivity index (χ1v) is 5.89. The summed E-state index contributed by atoms with van der Waals surface area (Å²) in [4.78, 5) is 13.3. The molecule has 0 bridgehead atoms. The van der Waals surface area contributed by atoms with Gasteiger partial charge < -0.3 is 10.2 Å². The van der Waals surface area contributed by atoms with Gasteiger partial charge in [-0.2, -0.15) is 0 Å². The quantitative estimate of drug-likeness (QED) is 0.819. The Morgan fingerprint density at radius 1 is 1.41 bits per heavy atom. The van der Waals surface area contributed by atoms with E-state index in [1.54, 1.807) is 0 Å². The summed E-state index contributed by atoms with van der Waals surface area (Å²) in [6.07, 6.45) is 1.50. The van der Waals surface area contributed by atoms with Crippen LogP contribution in [-0.2, 0) is 11.2 Å². The molecule has 0 saturated carbocycles. The average molecular weight is 235 g/mol. The highest BCUT2D eigenvalue weighted by Crippen LogP contribution is 2.29. The summed E-state index contributed by atoms with van der Waals surface area (Å²) < 4.78 is 0. The Hall–Kier alpha value is -1.39. The molecule has 0 amide bonds. The molecule has 0 aromatic heterocycles. The van der Waals surface area contributed by atoms with E-state index in [0.29, 0.717) is 13.0 Å². The van der Waals surface area contributed by atoms with Gasteiger partial charge in [-0.3, -0.25) is 9.69 Å². The van der Waals surface area contributed by atoms with Gasteiger partial charge in [0.2, 0.25) is 0 Å². The van der Waals surface area contributed by atoms with Crippen LogP contribution in [0.15, 0.2) is 24.3 Å². The molecule has 1 atom stereocenters. The minimum Gasteiger partial charge on any atom is -0.480 e. The SMILES string of the molecule is O=C(O)C1c2ccccc2CCN1CCCO. The van der Waals surface area contributed by atoms with Gasteiger partial charge >= 0.3 is 5.97 Å². The van der Waals surface area contributed by atoms with Gasteiger partial charge in [-0.1, -0.05) is 24.3 Å². The summed E-state index contributed by atoms with van der Waals surface area (Å²) in [5, 5.41) is 18.2. The van der Waals surface area contributed by atoms with E-state index in [0.717, 1.165) is 24.1 Å². The lowest BCUT2D eigenvalue weighted by Gasteiger charge is -2.34. The van der Waals surface area contributed by atoms with Crippen molar-refractivity contribution in [2.24, 2.45) is 0 Å². The number of nitrogens with zero attached hydrogens (tertiary/aromatic N) is 1. The van der Waals surface area contributed by atoms with Gasteiger partial charge in [0.15, 0.2) is 0 Å². The minimum absolute atomic E-state index is 0.102. The van der Waals surface area contributed by atoms with E-state index in [-0.39, 0.29) is 6.61 Å². The zero-order chi connectivity index (χ0) is 12.3. The van der Waals surface area contributed by atoms with Crippen LogP contribution in [0, 0.1) is 0 Å². The normalized spacial score (nSPS) is 19.9. The fourth-order valence-electron chi connectivity index (χ4n) is 2.42. The number of benzene rings is 1. The molecule has 0 aliphatic carbocycles. The van der Waals surface area contributed by atoms with Crippen molar-refractivity contribution in [1.29, 1.82) is 0 Å². The van der Waals surface area contributed by atoms with Crippen molar-refractivity contribution in [1.82, 2.24) is 4.90 Å². The second-order valence-electron chi connectivity index (χ2n) is 4.30. The first kappa shape index (κ1) is 12.1. The fourth-order valence-corrected chi connectivity index (χ4v) is 2.42. The Morgan fingerprint density at radius 3 is 2.88 bits per heavy atom. The first-order chi connectivity index (χ1) is 8.24. The molecule has 0 fully saturated rings. The number of rotatable bonds is 4. The zero-order valence-electron chi connectivity index (χ0n) is 9.67. The standard InChI is InChI=1S/C13H17NO3/c15-9-3-7-14-8-6-10-4-1-2-5-11(10)12(14)13(16)17/h1-2,4-5,12,15H,3,6-9H2,(H,16,17). The van der Waals surface area contributed by atoms with Crippen LogP contribution in [0.5, 0.6) is 0 Å². The molecule has 17 heavy (non-hydrogen) atoms. The lowest BCUT2D eigenvalue weighted by Crippen LogP contribution is -2.40. The Balaban J connectivity index is 2.26. The van der Waals surface area contributed by atoms with E-state index in [1.807, 2.05) is 29.2 Å². The van der Waals surface area contributed by atoms with Gasteiger partial charge in [-0.05, 0) is 24.0 Å². The summed E-state index contributed by atoms with van der Waals surface area (Å²) in [6.45, 7) is 1.47. The van der Waals surface area contributed by atoms with Crippen molar-refractivity contribution >= 4 is 5.97 Å². The van der Waals surface area contributed by atoms with Crippen LogP contribution in [-0.4, -0.2) is 40.8 Å². The highest BCUT2D eigenvalue weighted by Gasteiger charge is 2.31. The van der Waals surface area contributed by atoms with E-state index in [4.69, 9.17) is 5.11 Å². The third kappa shape index (κ3) is 2.48. The van der Waals surface area contributed by atoms with Crippen molar-refractivity contribution < 1.29 is 15.0 Å². The third-order valence-electron chi connectivity index (χ3n) is 3.22. The summed E-state index contributed by atoms with van der Waals surface area (Å²) >= 11 is 0. The molecular weight excluding hydrogens is 218 g/mol. The van der Waals surface area contributed by atoms with Crippen LogP contribution in [0.3, 0.4) is 0 Å². The maximum atomic E-state index is 11.4. The summed E-state index contributed by atoms with van der Waals surface area (Å²) in [6, 6.07) is 7.14. The maximum absolute atomic E-state index is 11.4. The Morgan fingerprint density at radius 2 is 2.18 bits per heavy atom. The van der Waals surface area contributed by atoms with Gasteiger partial charge in [-0.15, -0.1) is 0 Å². The van der Waals surface area contributed by atoms with Crippen LogP contribution in [0.25, 0.3) is 0 Å².